The summed E-state index contributed by atoms with van der Waals surface area (Å²) in [5.74, 6) is 0.543. The molecule has 184 valence electrons. The standard InChI is InChI=1S/C28H31ClN2O3S/c1-4-20(3)31(28(33)23-8-6-5-7-19(23)2)17-27(32)30-15-13-26-24(14-16-35-26)25(30)18-34-22-11-9-21(29)10-12-22/h5-12,14,16,20,25H,4,13,15,17-18H2,1-3H3. The number of ether oxygens (including phenoxy) is 1. The van der Waals surface area contributed by atoms with E-state index in [9.17, 15) is 9.59 Å². The Kier molecular flexibility index (Phi) is 8.14. The van der Waals surface area contributed by atoms with Crippen LogP contribution in [0.4, 0.5) is 0 Å². The van der Waals surface area contributed by atoms with Crippen molar-refractivity contribution in [3.63, 3.8) is 0 Å². The van der Waals surface area contributed by atoms with E-state index in [2.05, 4.69) is 11.4 Å². The van der Waals surface area contributed by atoms with Gasteiger partial charge in [-0.15, -0.1) is 11.3 Å². The zero-order chi connectivity index (χ0) is 24.9. The Balaban J connectivity index is 1.55. The Labute approximate surface area is 216 Å². The second kappa shape index (κ2) is 11.3. The molecule has 1 aliphatic heterocycles. The summed E-state index contributed by atoms with van der Waals surface area (Å²) in [6.07, 6.45) is 1.58. The molecule has 0 bridgehead atoms. The molecule has 2 atom stereocenters. The van der Waals surface area contributed by atoms with E-state index < -0.39 is 0 Å². The average Bonchev–Trinajstić information content (AvgIpc) is 3.35. The minimum Gasteiger partial charge on any atom is -0.491 e. The molecule has 0 radical (unpaired) electrons. The van der Waals surface area contributed by atoms with Crippen LogP contribution in [0.2, 0.25) is 5.02 Å². The molecule has 3 aromatic rings. The summed E-state index contributed by atoms with van der Waals surface area (Å²) in [6.45, 7) is 6.95. The van der Waals surface area contributed by atoms with Crippen molar-refractivity contribution in [1.82, 2.24) is 9.80 Å². The molecule has 0 fully saturated rings. The summed E-state index contributed by atoms with van der Waals surface area (Å²) in [5, 5.41) is 2.72. The van der Waals surface area contributed by atoms with Gasteiger partial charge >= 0.3 is 0 Å². The van der Waals surface area contributed by atoms with E-state index in [1.54, 1.807) is 28.4 Å². The van der Waals surface area contributed by atoms with Gasteiger partial charge in [-0.3, -0.25) is 9.59 Å². The van der Waals surface area contributed by atoms with Crippen LogP contribution in [0, 0.1) is 6.92 Å². The van der Waals surface area contributed by atoms with Gasteiger partial charge in [0.25, 0.3) is 5.91 Å². The van der Waals surface area contributed by atoms with Crippen molar-refractivity contribution in [1.29, 1.82) is 0 Å². The number of fused-ring (bicyclic) bond motifs is 1. The van der Waals surface area contributed by atoms with Crippen LogP contribution in [0.5, 0.6) is 5.75 Å². The Morgan fingerprint density at radius 3 is 2.63 bits per heavy atom. The zero-order valence-corrected chi connectivity index (χ0v) is 21.9. The molecule has 1 aliphatic rings. The van der Waals surface area contributed by atoms with E-state index in [-0.39, 0.29) is 30.4 Å². The molecule has 2 heterocycles. The van der Waals surface area contributed by atoms with Crippen molar-refractivity contribution in [2.45, 2.75) is 45.7 Å². The summed E-state index contributed by atoms with van der Waals surface area (Å²) in [6, 6.07) is 16.6. The number of amides is 2. The number of hydrogen-bond acceptors (Lipinski definition) is 4. The zero-order valence-electron chi connectivity index (χ0n) is 20.4. The number of nitrogens with zero attached hydrogens (tertiary/aromatic N) is 2. The largest absolute Gasteiger partial charge is 0.491 e. The number of carbonyl (C=O) groups is 2. The van der Waals surface area contributed by atoms with Gasteiger partial charge in [-0.1, -0.05) is 36.7 Å². The van der Waals surface area contributed by atoms with E-state index in [0.29, 0.717) is 29.5 Å². The van der Waals surface area contributed by atoms with Crippen molar-refractivity contribution in [3.8, 4) is 5.75 Å². The van der Waals surface area contributed by atoms with Crippen LogP contribution in [-0.4, -0.2) is 47.4 Å². The highest BCUT2D eigenvalue weighted by atomic mass is 35.5. The molecule has 35 heavy (non-hydrogen) atoms. The van der Waals surface area contributed by atoms with Crippen molar-refractivity contribution in [3.05, 3.63) is 86.6 Å². The van der Waals surface area contributed by atoms with Crippen LogP contribution in [0.25, 0.3) is 0 Å². The highest BCUT2D eigenvalue weighted by Gasteiger charge is 2.34. The average molecular weight is 511 g/mol. The first-order chi connectivity index (χ1) is 16.9. The van der Waals surface area contributed by atoms with E-state index in [4.69, 9.17) is 16.3 Å². The van der Waals surface area contributed by atoms with Gasteiger partial charge in [-0.2, -0.15) is 0 Å². The van der Waals surface area contributed by atoms with Crippen LogP contribution in [-0.2, 0) is 11.2 Å². The molecule has 1 aromatic heterocycles. The fraction of sp³-hybridized carbons (Fsp3) is 0.357. The maximum atomic E-state index is 13.7. The number of carbonyl (C=O) groups excluding carboxylic acids is 2. The molecule has 2 unspecified atom stereocenters. The van der Waals surface area contributed by atoms with E-state index in [0.717, 1.165) is 24.0 Å². The lowest BCUT2D eigenvalue weighted by Crippen LogP contribution is -2.50. The third-order valence-corrected chi connectivity index (χ3v) is 7.95. The number of rotatable bonds is 8. The first-order valence-corrected chi connectivity index (χ1v) is 13.3. The smallest absolute Gasteiger partial charge is 0.254 e. The third-order valence-electron chi connectivity index (χ3n) is 6.70. The predicted molar refractivity (Wildman–Crippen MR) is 141 cm³/mol. The molecular weight excluding hydrogens is 480 g/mol. The van der Waals surface area contributed by atoms with Gasteiger partial charge in [-0.05, 0) is 79.6 Å². The van der Waals surface area contributed by atoms with Crippen molar-refractivity contribution in [2.75, 3.05) is 19.7 Å². The van der Waals surface area contributed by atoms with Gasteiger partial charge in [-0.25, -0.2) is 0 Å². The van der Waals surface area contributed by atoms with E-state index in [1.165, 1.54) is 4.88 Å². The van der Waals surface area contributed by atoms with Crippen molar-refractivity contribution in [2.24, 2.45) is 0 Å². The minimum atomic E-state index is -0.208. The van der Waals surface area contributed by atoms with Gasteiger partial charge in [0.05, 0.1) is 6.04 Å². The monoisotopic (exact) mass is 510 g/mol. The lowest BCUT2D eigenvalue weighted by atomic mass is 10.00. The van der Waals surface area contributed by atoms with E-state index >= 15 is 0 Å². The Hall–Kier alpha value is -2.83. The topological polar surface area (TPSA) is 49.9 Å². The molecule has 0 saturated carbocycles. The number of halogens is 1. The van der Waals surface area contributed by atoms with Gasteiger partial charge in [0.1, 0.15) is 18.9 Å². The maximum absolute atomic E-state index is 13.7. The summed E-state index contributed by atoms with van der Waals surface area (Å²) < 4.78 is 6.08. The molecule has 5 nitrogen and oxygen atoms in total. The molecule has 0 saturated heterocycles. The molecule has 7 heteroatoms. The van der Waals surface area contributed by atoms with Crippen LogP contribution in [0.1, 0.15) is 52.7 Å². The number of aryl methyl sites for hydroxylation is 1. The molecule has 0 aliphatic carbocycles. The Morgan fingerprint density at radius 1 is 1.17 bits per heavy atom. The second-order valence-corrected chi connectivity index (χ2v) is 10.4. The van der Waals surface area contributed by atoms with Crippen LogP contribution in [0.15, 0.2) is 60.0 Å². The minimum absolute atomic E-state index is 0.0408. The number of benzene rings is 2. The van der Waals surface area contributed by atoms with Crippen molar-refractivity contribution < 1.29 is 14.3 Å². The lowest BCUT2D eigenvalue weighted by Gasteiger charge is -2.38. The van der Waals surface area contributed by atoms with Gasteiger partial charge in [0.2, 0.25) is 5.91 Å². The number of hydrogen-bond donors (Lipinski definition) is 0. The summed E-state index contributed by atoms with van der Waals surface area (Å²) in [4.78, 5) is 32.1. The van der Waals surface area contributed by atoms with Crippen molar-refractivity contribution >= 4 is 34.8 Å². The first-order valence-electron chi connectivity index (χ1n) is 12.0. The van der Waals surface area contributed by atoms with Crippen LogP contribution in [0.3, 0.4) is 0 Å². The third kappa shape index (κ3) is 5.71. The van der Waals surface area contributed by atoms with Gasteiger partial charge in [0, 0.05) is 28.0 Å². The molecule has 4 rings (SSSR count). The van der Waals surface area contributed by atoms with Gasteiger partial charge < -0.3 is 14.5 Å². The molecule has 0 N–H and O–H groups in total. The second-order valence-electron chi connectivity index (χ2n) is 8.92. The molecule has 2 aromatic carbocycles. The molecule has 2 amide bonds. The Bertz CT molecular complexity index is 1180. The first kappa shape index (κ1) is 25.3. The van der Waals surface area contributed by atoms with Crippen LogP contribution >= 0.6 is 22.9 Å². The molecular formula is C28H31ClN2O3S. The summed E-state index contributed by atoms with van der Waals surface area (Å²) in [7, 11) is 0. The fourth-order valence-electron chi connectivity index (χ4n) is 4.43. The summed E-state index contributed by atoms with van der Waals surface area (Å²) >= 11 is 7.72. The van der Waals surface area contributed by atoms with Gasteiger partial charge in [0.15, 0.2) is 0 Å². The fourth-order valence-corrected chi connectivity index (χ4v) is 5.49. The quantitative estimate of drug-likeness (QED) is 0.365. The summed E-state index contributed by atoms with van der Waals surface area (Å²) in [5.41, 5.74) is 2.68. The molecule has 0 spiro atoms. The van der Waals surface area contributed by atoms with E-state index in [1.807, 2.05) is 62.1 Å². The lowest BCUT2D eigenvalue weighted by molar-refractivity contribution is -0.136. The number of thiophene rings is 1. The highest BCUT2D eigenvalue weighted by molar-refractivity contribution is 7.10. The normalized spacial score (nSPS) is 15.9. The predicted octanol–water partition coefficient (Wildman–Crippen LogP) is 6.16. The SMILES string of the molecule is CCC(C)N(CC(=O)N1CCc2sccc2C1COc1ccc(Cl)cc1)C(=O)c1ccccc1C. The highest BCUT2D eigenvalue weighted by Crippen LogP contribution is 2.34. The maximum Gasteiger partial charge on any atom is 0.254 e. The van der Waals surface area contributed by atoms with Crippen LogP contribution < -0.4 is 4.74 Å². The Morgan fingerprint density at radius 2 is 1.91 bits per heavy atom.